The molecule has 1 saturated heterocycles. The van der Waals surface area contributed by atoms with E-state index in [1.165, 1.54) is 18.2 Å². The number of imide groups is 1. The molecule has 5 nitrogen and oxygen atoms in total. The van der Waals surface area contributed by atoms with Crippen molar-refractivity contribution in [1.82, 2.24) is 4.90 Å². The number of likely N-dealkylation sites (tertiary alicyclic amines) is 1. The van der Waals surface area contributed by atoms with Gasteiger partial charge in [-0.2, -0.15) is 0 Å². The molecule has 5 aliphatic rings. The van der Waals surface area contributed by atoms with Crippen molar-refractivity contribution < 1.29 is 14.4 Å². The first-order chi connectivity index (χ1) is 12.1. The summed E-state index contributed by atoms with van der Waals surface area (Å²) >= 11 is 0. The zero-order chi connectivity index (χ0) is 17.3. The molecular formula is C20H20N2O3. The Morgan fingerprint density at radius 1 is 1.12 bits per heavy atom. The normalized spacial score (nSPS) is 37.1. The third-order valence-corrected chi connectivity index (χ3v) is 6.46. The lowest BCUT2D eigenvalue weighted by atomic mass is 9.63. The Morgan fingerprint density at radius 2 is 1.76 bits per heavy atom. The summed E-state index contributed by atoms with van der Waals surface area (Å²) in [5, 5.41) is 3.14. The van der Waals surface area contributed by atoms with E-state index in [-0.39, 0.29) is 47.9 Å². The summed E-state index contributed by atoms with van der Waals surface area (Å²) in [6.07, 6.45) is 5.53. The lowest BCUT2D eigenvalue weighted by molar-refractivity contribution is -0.139. The zero-order valence-electron chi connectivity index (χ0n) is 14.0. The number of hydrogen-bond acceptors (Lipinski definition) is 4. The molecule has 2 bridgehead atoms. The van der Waals surface area contributed by atoms with Gasteiger partial charge in [-0.3, -0.25) is 19.3 Å². The maximum absolute atomic E-state index is 12.9. The van der Waals surface area contributed by atoms with Crippen molar-refractivity contribution in [2.45, 2.75) is 13.3 Å². The molecule has 3 fully saturated rings. The second kappa shape index (κ2) is 5.04. The maximum Gasteiger partial charge on any atom is 0.235 e. The van der Waals surface area contributed by atoms with Crippen LogP contribution in [0.2, 0.25) is 0 Å². The first-order valence-electron chi connectivity index (χ1n) is 8.94. The fraction of sp³-hybridized carbons (Fsp3) is 0.450. The number of carbonyl (C=O) groups is 3. The number of Topliss-reactive ketones (excluding diaryl/α,β-unsaturated/α-hetero) is 1. The van der Waals surface area contributed by atoms with Crippen molar-refractivity contribution >= 4 is 23.3 Å². The van der Waals surface area contributed by atoms with E-state index in [2.05, 4.69) is 17.5 Å². The molecule has 25 heavy (non-hydrogen) atoms. The number of amides is 2. The van der Waals surface area contributed by atoms with E-state index < -0.39 is 0 Å². The van der Waals surface area contributed by atoms with Gasteiger partial charge < -0.3 is 5.32 Å². The number of benzene rings is 1. The Bertz CT molecular complexity index is 794. The number of hydrogen-bond donors (Lipinski definition) is 1. The van der Waals surface area contributed by atoms with Crippen molar-refractivity contribution in [3.63, 3.8) is 0 Å². The van der Waals surface area contributed by atoms with Crippen LogP contribution in [0.5, 0.6) is 0 Å². The summed E-state index contributed by atoms with van der Waals surface area (Å²) in [6, 6.07) is 7.14. The summed E-state index contributed by atoms with van der Waals surface area (Å²) in [5.74, 6) is 1.36. The highest BCUT2D eigenvalue weighted by Crippen LogP contribution is 2.65. The molecule has 1 heterocycles. The summed E-state index contributed by atoms with van der Waals surface area (Å²) in [4.78, 5) is 38.6. The fourth-order valence-electron chi connectivity index (χ4n) is 5.19. The lowest BCUT2D eigenvalue weighted by Gasteiger charge is -2.37. The summed E-state index contributed by atoms with van der Waals surface area (Å²) < 4.78 is 0. The highest BCUT2D eigenvalue weighted by Gasteiger charge is 2.66. The topological polar surface area (TPSA) is 66.5 Å². The number of nitrogens with one attached hydrogen (secondary N) is 1. The number of carbonyl (C=O) groups excluding carboxylic acids is 3. The molecule has 6 atom stereocenters. The van der Waals surface area contributed by atoms with Gasteiger partial charge in [0.2, 0.25) is 11.8 Å². The molecule has 4 aliphatic carbocycles. The number of rotatable bonds is 4. The molecule has 128 valence electrons. The van der Waals surface area contributed by atoms with Crippen molar-refractivity contribution in [2.75, 3.05) is 12.0 Å². The standard InChI is InChI=1S/C20H20N2O3/c1-10(23)11-3-2-4-12(7-11)21-9-22-19(24)17-13-5-6-14(16-8-15(13)16)18(17)20(22)25/h2-7,13-18,21H,8-9H2,1H3/t13-,14-,15-,16+,17+,18+/m1/s1. The van der Waals surface area contributed by atoms with Crippen molar-refractivity contribution in [1.29, 1.82) is 0 Å². The van der Waals surface area contributed by atoms with Crippen LogP contribution in [0, 0.1) is 35.5 Å². The van der Waals surface area contributed by atoms with Crippen LogP contribution in [0.15, 0.2) is 36.4 Å². The van der Waals surface area contributed by atoms with Crippen LogP contribution in [-0.4, -0.2) is 29.2 Å². The second-order valence-electron chi connectivity index (χ2n) is 7.73. The van der Waals surface area contributed by atoms with Crippen molar-refractivity contribution in [3.05, 3.63) is 42.0 Å². The molecular weight excluding hydrogens is 316 g/mol. The molecule has 0 unspecified atom stereocenters. The average Bonchev–Trinajstić information content (AvgIpc) is 3.39. The Labute approximate surface area is 146 Å². The van der Waals surface area contributed by atoms with E-state index in [9.17, 15) is 14.4 Å². The molecule has 0 radical (unpaired) electrons. The van der Waals surface area contributed by atoms with E-state index >= 15 is 0 Å². The molecule has 0 spiro atoms. The largest absolute Gasteiger partial charge is 0.367 e. The van der Waals surface area contributed by atoms with Crippen LogP contribution in [0.3, 0.4) is 0 Å². The van der Waals surface area contributed by atoms with Gasteiger partial charge in [0.25, 0.3) is 0 Å². The quantitative estimate of drug-likeness (QED) is 0.520. The van der Waals surface area contributed by atoms with Gasteiger partial charge in [-0.25, -0.2) is 0 Å². The molecule has 5 heteroatoms. The predicted molar refractivity (Wildman–Crippen MR) is 91.5 cm³/mol. The molecule has 1 aliphatic heterocycles. The van der Waals surface area contributed by atoms with Gasteiger partial charge in [0.15, 0.2) is 5.78 Å². The van der Waals surface area contributed by atoms with Gasteiger partial charge in [-0.05, 0) is 49.1 Å². The van der Waals surface area contributed by atoms with E-state index in [1.807, 2.05) is 6.07 Å². The molecule has 1 aromatic carbocycles. The van der Waals surface area contributed by atoms with Crippen LogP contribution >= 0.6 is 0 Å². The molecule has 1 N–H and O–H groups in total. The first-order valence-corrected chi connectivity index (χ1v) is 8.94. The van der Waals surface area contributed by atoms with Crippen LogP contribution in [-0.2, 0) is 9.59 Å². The highest BCUT2D eigenvalue weighted by atomic mass is 16.2. The fourth-order valence-corrected chi connectivity index (χ4v) is 5.19. The predicted octanol–water partition coefficient (Wildman–Crippen LogP) is 2.31. The van der Waals surface area contributed by atoms with Crippen LogP contribution < -0.4 is 5.32 Å². The minimum absolute atomic E-state index is 0.00938. The SMILES string of the molecule is CC(=O)c1cccc(NCN2C(=O)[C@H]3[C@@H]4C=C[C@H]([C@@H]5C[C@H]45)[C@@H]3C2=O)c1. The Kier molecular flexibility index (Phi) is 3.00. The molecule has 1 aromatic rings. The molecule has 0 aromatic heterocycles. The Hall–Kier alpha value is -2.43. The number of allylic oxidation sites excluding steroid dienone is 2. The highest BCUT2D eigenvalue weighted by molar-refractivity contribution is 6.06. The lowest BCUT2D eigenvalue weighted by Crippen LogP contribution is -2.40. The third-order valence-electron chi connectivity index (χ3n) is 6.46. The van der Waals surface area contributed by atoms with Crippen molar-refractivity contribution in [3.8, 4) is 0 Å². The monoisotopic (exact) mass is 336 g/mol. The summed E-state index contributed by atoms with van der Waals surface area (Å²) in [7, 11) is 0. The van der Waals surface area contributed by atoms with Crippen LogP contribution in [0.1, 0.15) is 23.7 Å². The third kappa shape index (κ3) is 2.04. The number of anilines is 1. The van der Waals surface area contributed by atoms with E-state index in [1.54, 1.807) is 18.2 Å². The minimum atomic E-state index is -0.156. The molecule has 2 saturated carbocycles. The van der Waals surface area contributed by atoms with Crippen LogP contribution in [0.4, 0.5) is 5.69 Å². The average molecular weight is 336 g/mol. The second-order valence-corrected chi connectivity index (χ2v) is 7.73. The molecule has 2 amide bonds. The van der Waals surface area contributed by atoms with E-state index in [0.29, 0.717) is 17.4 Å². The van der Waals surface area contributed by atoms with Gasteiger partial charge in [-0.15, -0.1) is 0 Å². The van der Waals surface area contributed by atoms with Gasteiger partial charge in [0.1, 0.15) is 0 Å². The van der Waals surface area contributed by atoms with Gasteiger partial charge in [0, 0.05) is 11.3 Å². The molecule has 6 rings (SSSR count). The summed E-state index contributed by atoms with van der Waals surface area (Å²) in [5.41, 5.74) is 1.35. The van der Waals surface area contributed by atoms with Gasteiger partial charge in [-0.1, -0.05) is 24.3 Å². The zero-order valence-corrected chi connectivity index (χ0v) is 14.0. The Morgan fingerprint density at radius 3 is 2.36 bits per heavy atom. The summed E-state index contributed by atoms with van der Waals surface area (Å²) in [6.45, 7) is 1.69. The Balaban J connectivity index is 1.34. The van der Waals surface area contributed by atoms with E-state index in [0.717, 1.165) is 5.69 Å². The number of ketones is 1. The van der Waals surface area contributed by atoms with E-state index in [4.69, 9.17) is 0 Å². The van der Waals surface area contributed by atoms with Gasteiger partial charge >= 0.3 is 0 Å². The smallest absolute Gasteiger partial charge is 0.235 e. The maximum atomic E-state index is 12.9. The van der Waals surface area contributed by atoms with Crippen LogP contribution in [0.25, 0.3) is 0 Å². The first kappa shape index (κ1) is 14.9. The minimum Gasteiger partial charge on any atom is -0.367 e. The van der Waals surface area contributed by atoms with Gasteiger partial charge in [0.05, 0.1) is 18.5 Å². The van der Waals surface area contributed by atoms with Crippen molar-refractivity contribution in [2.24, 2.45) is 35.5 Å². The number of nitrogens with zero attached hydrogens (tertiary/aromatic N) is 1.